The highest BCUT2D eigenvalue weighted by molar-refractivity contribution is 5.39. The third kappa shape index (κ3) is 3.93. The Morgan fingerprint density at radius 1 is 0.963 bits per heavy atom. The van der Waals surface area contributed by atoms with Crippen LogP contribution in [0.3, 0.4) is 0 Å². The van der Waals surface area contributed by atoms with Gasteiger partial charge in [-0.3, -0.25) is 4.90 Å². The fourth-order valence-electron chi connectivity index (χ4n) is 3.32. The summed E-state index contributed by atoms with van der Waals surface area (Å²) >= 11 is 0. The number of hydrogen-bond acceptors (Lipinski definition) is 6. The quantitative estimate of drug-likeness (QED) is 0.692. The Balaban J connectivity index is 1.39. The van der Waals surface area contributed by atoms with E-state index in [1.807, 2.05) is 43.6 Å². The van der Waals surface area contributed by atoms with Crippen LogP contribution in [-0.4, -0.2) is 57.9 Å². The smallest absolute Gasteiger partial charge is 0.151 e. The van der Waals surface area contributed by atoms with Crippen molar-refractivity contribution < 1.29 is 4.74 Å². The van der Waals surface area contributed by atoms with E-state index >= 15 is 0 Å². The van der Waals surface area contributed by atoms with Gasteiger partial charge in [0.1, 0.15) is 11.6 Å². The third-order valence-electron chi connectivity index (χ3n) is 4.91. The van der Waals surface area contributed by atoms with E-state index in [9.17, 15) is 0 Å². The third-order valence-corrected chi connectivity index (χ3v) is 4.91. The first kappa shape index (κ1) is 17.5. The van der Waals surface area contributed by atoms with E-state index in [0.29, 0.717) is 0 Å². The van der Waals surface area contributed by atoms with Crippen LogP contribution < -0.4 is 9.64 Å². The van der Waals surface area contributed by atoms with Gasteiger partial charge in [-0.15, -0.1) is 5.10 Å². The summed E-state index contributed by atoms with van der Waals surface area (Å²) in [6, 6.07) is 12.1. The maximum Gasteiger partial charge on any atom is 0.151 e. The molecule has 0 aliphatic carbocycles. The van der Waals surface area contributed by atoms with Crippen molar-refractivity contribution in [2.24, 2.45) is 0 Å². The topological polar surface area (TPSA) is 59.3 Å². The molecular weight excluding hydrogens is 340 g/mol. The van der Waals surface area contributed by atoms with Gasteiger partial charge in [-0.05, 0) is 43.3 Å². The van der Waals surface area contributed by atoms with Crippen LogP contribution in [0.5, 0.6) is 5.75 Å². The predicted octanol–water partition coefficient (Wildman–Crippen LogP) is 2.30. The second kappa shape index (κ2) is 7.75. The van der Waals surface area contributed by atoms with Crippen molar-refractivity contribution in [2.45, 2.75) is 13.5 Å². The summed E-state index contributed by atoms with van der Waals surface area (Å²) in [5.41, 5.74) is 2.04. The average molecular weight is 364 g/mol. The molecule has 2 aromatic heterocycles. The number of hydrogen-bond donors (Lipinski definition) is 0. The molecular formula is C20H24N6O. The second-order valence-corrected chi connectivity index (χ2v) is 6.71. The molecule has 140 valence electrons. The number of aromatic nitrogens is 4. The summed E-state index contributed by atoms with van der Waals surface area (Å²) < 4.78 is 7.38. The molecule has 0 atom stereocenters. The van der Waals surface area contributed by atoms with E-state index in [4.69, 9.17) is 4.74 Å². The van der Waals surface area contributed by atoms with E-state index in [0.717, 1.165) is 61.5 Å². The summed E-state index contributed by atoms with van der Waals surface area (Å²) in [6.45, 7) is 6.63. The summed E-state index contributed by atoms with van der Waals surface area (Å²) in [6.07, 6.45) is 3.87. The minimum Gasteiger partial charge on any atom is -0.497 e. The number of methoxy groups -OCH3 is 1. The lowest BCUT2D eigenvalue weighted by Crippen LogP contribution is -2.46. The molecule has 1 aromatic carbocycles. The summed E-state index contributed by atoms with van der Waals surface area (Å²) in [5.74, 6) is 2.86. The fraction of sp³-hybridized carbons (Fsp3) is 0.350. The molecule has 1 aliphatic heterocycles. The molecule has 1 aliphatic rings. The first-order chi connectivity index (χ1) is 13.2. The lowest BCUT2D eigenvalue weighted by molar-refractivity contribution is 0.242. The Labute approximate surface area is 159 Å². The van der Waals surface area contributed by atoms with Crippen molar-refractivity contribution in [3.05, 3.63) is 60.3 Å². The molecule has 0 amide bonds. The first-order valence-electron chi connectivity index (χ1n) is 9.17. The van der Waals surface area contributed by atoms with Crippen LogP contribution in [0.15, 0.2) is 48.8 Å². The van der Waals surface area contributed by atoms with Crippen LogP contribution in [0.2, 0.25) is 0 Å². The van der Waals surface area contributed by atoms with Crippen molar-refractivity contribution in [1.29, 1.82) is 0 Å². The Morgan fingerprint density at radius 2 is 1.74 bits per heavy atom. The number of imidazole rings is 1. The number of anilines is 1. The molecule has 0 radical (unpaired) electrons. The Morgan fingerprint density at radius 3 is 2.41 bits per heavy atom. The molecule has 0 spiro atoms. The highest BCUT2D eigenvalue weighted by Crippen LogP contribution is 2.18. The molecule has 7 heteroatoms. The monoisotopic (exact) mass is 364 g/mol. The Kier molecular flexibility index (Phi) is 5.02. The molecule has 0 saturated carbocycles. The number of piperazine rings is 1. The zero-order valence-corrected chi connectivity index (χ0v) is 15.7. The molecule has 0 unspecified atom stereocenters. The lowest BCUT2D eigenvalue weighted by Gasteiger charge is -2.35. The Hall–Kier alpha value is -2.93. The van der Waals surface area contributed by atoms with Gasteiger partial charge in [0.15, 0.2) is 5.82 Å². The number of aryl methyl sites for hydroxylation is 1. The van der Waals surface area contributed by atoms with Gasteiger partial charge in [0, 0.05) is 44.3 Å². The van der Waals surface area contributed by atoms with E-state index in [2.05, 4.69) is 41.7 Å². The lowest BCUT2D eigenvalue weighted by atomic mass is 10.2. The van der Waals surface area contributed by atoms with Gasteiger partial charge in [-0.2, -0.15) is 5.10 Å². The van der Waals surface area contributed by atoms with Crippen molar-refractivity contribution in [1.82, 2.24) is 24.6 Å². The second-order valence-electron chi connectivity index (χ2n) is 6.71. The minimum atomic E-state index is 0.826. The number of benzene rings is 1. The van der Waals surface area contributed by atoms with Gasteiger partial charge in [-0.1, -0.05) is 0 Å². The van der Waals surface area contributed by atoms with Crippen molar-refractivity contribution in [2.75, 3.05) is 38.2 Å². The SMILES string of the molecule is COc1ccc(-n2ccnc2CN2CCN(c3ccc(C)nn3)CC2)cc1. The van der Waals surface area contributed by atoms with Crippen molar-refractivity contribution in [3.63, 3.8) is 0 Å². The molecule has 27 heavy (non-hydrogen) atoms. The predicted molar refractivity (Wildman–Crippen MR) is 104 cm³/mol. The van der Waals surface area contributed by atoms with E-state index in [-0.39, 0.29) is 0 Å². The number of ether oxygens (including phenoxy) is 1. The maximum atomic E-state index is 5.24. The van der Waals surface area contributed by atoms with E-state index in [1.165, 1.54) is 0 Å². The molecule has 0 bridgehead atoms. The summed E-state index contributed by atoms with van der Waals surface area (Å²) in [7, 11) is 1.68. The van der Waals surface area contributed by atoms with Crippen LogP contribution in [0.1, 0.15) is 11.5 Å². The largest absolute Gasteiger partial charge is 0.497 e. The average Bonchev–Trinajstić information content (AvgIpc) is 3.17. The molecule has 4 rings (SSSR count). The zero-order valence-electron chi connectivity index (χ0n) is 15.7. The highest BCUT2D eigenvalue weighted by Gasteiger charge is 2.20. The van der Waals surface area contributed by atoms with Gasteiger partial charge < -0.3 is 14.2 Å². The van der Waals surface area contributed by atoms with Gasteiger partial charge in [0.2, 0.25) is 0 Å². The molecule has 0 N–H and O–H groups in total. The highest BCUT2D eigenvalue weighted by atomic mass is 16.5. The van der Waals surface area contributed by atoms with Crippen molar-refractivity contribution >= 4 is 5.82 Å². The number of rotatable bonds is 5. The van der Waals surface area contributed by atoms with Crippen LogP contribution in [0.25, 0.3) is 5.69 Å². The summed E-state index contributed by atoms with van der Waals surface area (Å²) in [4.78, 5) is 9.29. The van der Waals surface area contributed by atoms with Crippen LogP contribution in [0, 0.1) is 6.92 Å². The van der Waals surface area contributed by atoms with E-state index in [1.54, 1.807) is 7.11 Å². The van der Waals surface area contributed by atoms with Crippen LogP contribution >= 0.6 is 0 Å². The summed E-state index contributed by atoms with van der Waals surface area (Å²) in [5, 5.41) is 8.47. The van der Waals surface area contributed by atoms with E-state index < -0.39 is 0 Å². The van der Waals surface area contributed by atoms with Crippen molar-refractivity contribution in [3.8, 4) is 11.4 Å². The molecule has 1 saturated heterocycles. The standard InChI is InChI=1S/C20H24N6O/c1-16-3-8-19(23-22-16)25-13-11-24(12-14-25)15-20-21-9-10-26(20)17-4-6-18(27-2)7-5-17/h3-10H,11-15H2,1-2H3. The van der Waals surface area contributed by atoms with Crippen LogP contribution in [-0.2, 0) is 6.54 Å². The minimum absolute atomic E-state index is 0.826. The molecule has 3 aromatic rings. The zero-order chi connectivity index (χ0) is 18.6. The first-order valence-corrected chi connectivity index (χ1v) is 9.17. The molecule has 1 fully saturated rings. The van der Waals surface area contributed by atoms with Gasteiger partial charge >= 0.3 is 0 Å². The normalized spacial score (nSPS) is 15.1. The Bertz CT molecular complexity index is 866. The molecule has 7 nitrogen and oxygen atoms in total. The molecule has 3 heterocycles. The number of nitrogens with zero attached hydrogens (tertiary/aromatic N) is 6. The van der Waals surface area contributed by atoms with Gasteiger partial charge in [-0.25, -0.2) is 4.98 Å². The van der Waals surface area contributed by atoms with Gasteiger partial charge in [0.25, 0.3) is 0 Å². The fourth-order valence-corrected chi connectivity index (χ4v) is 3.32. The maximum absolute atomic E-state index is 5.24. The van der Waals surface area contributed by atoms with Gasteiger partial charge in [0.05, 0.1) is 19.3 Å². The van der Waals surface area contributed by atoms with Crippen LogP contribution in [0.4, 0.5) is 5.82 Å².